The Morgan fingerprint density at radius 2 is 2.10 bits per heavy atom. The Labute approximate surface area is 124 Å². The maximum absolute atomic E-state index is 12.7. The molecule has 1 fully saturated rings. The van der Waals surface area contributed by atoms with Gasteiger partial charge in [-0.1, -0.05) is 17.9 Å². The van der Waals surface area contributed by atoms with Crippen LogP contribution in [0.25, 0.3) is 5.70 Å². The van der Waals surface area contributed by atoms with E-state index in [0.29, 0.717) is 0 Å². The van der Waals surface area contributed by atoms with Gasteiger partial charge in [-0.25, -0.2) is 0 Å². The van der Waals surface area contributed by atoms with Crippen molar-refractivity contribution in [1.29, 1.82) is 0 Å². The van der Waals surface area contributed by atoms with E-state index >= 15 is 0 Å². The van der Waals surface area contributed by atoms with E-state index in [1.807, 2.05) is 30.3 Å². The molecule has 21 heavy (non-hydrogen) atoms. The molecule has 1 spiro atoms. The SMILES string of the molecule is COc1cccc(C2=C=CCC3(CCNCC3)C(=O)N2)c1. The molecule has 0 aromatic heterocycles. The molecule has 4 nitrogen and oxygen atoms in total. The first kappa shape index (κ1) is 13.9. The summed E-state index contributed by atoms with van der Waals surface area (Å²) < 4.78 is 5.24. The Kier molecular flexibility index (Phi) is 3.82. The van der Waals surface area contributed by atoms with E-state index in [2.05, 4.69) is 16.4 Å². The molecule has 2 aliphatic heterocycles. The van der Waals surface area contributed by atoms with Gasteiger partial charge in [-0.3, -0.25) is 4.79 Å². The van der Waals surface area contributed by atoms with Gasteiger partial charge in [-0.05, 0) is 50.6 Å². The van der Waals surface area contributed by atoms with Gasteiger partial charge >= 0.3 is 0 Å². The molecule has 2 aliphatic rings. The zero-order chi connectivity index (χ0) is 14.7. The molecular weight excluding hydrogens is 264 g/mol. The Balaban J connectivity index is 1.86. The molecule has 0 saturated carbocycles. The highest BCUT2D eigenvalue weighted by molar-refractivity contribution is 5.91. The Morgan fingerprint density at radius 1 is 1.29 bits per heavy atom. The van der Waals surface area contributed by atoms with E-state index in [9.17, 15) is 4.79 Å². The third kappa shape index (κ3) is 2.73. The summed E-state index contributed by atoms with van der Waals surface area (Å²) >= 11 is 0. The largest absolute Gasteiger partial charge is 0.497 e. The monoisotopic (exact) mass is 284 g/mol. The van der Waals surface area contributed by atoms with Crippen LogP contribution in [0.3, 0.4) is 0 Å². The van der Waals surface area contributed by atoms with Gasteiger partial charge in [0, 0.05) is 5.56 Å². The van der Waals surface area contributed by atoms with Gasteiger partial charge in [0.15, 0.2) is 0 Å². The van der Waals surface area contributed by atoms with Crippen LogP contribution >= 0.6 is 0 Å². The minimum atomic E-state index is -0.279. The van der Waals surface area contributed by atoms with Crippen LogP contribution in [0.4, 0.5) is 0 Å². The third-order valence-electron chi connectivity index (χ3n) is 4.38. The molecule has 3 rings (SSSR count). The van der Waals surface area contributed by atoms with Gasteiger partial charge in [0.25, 0.3) is 0 Å². The van der Waals surface area contributed by atoms with E-state index in [0.717, 1.165) is 49.4 Å². The van der Waals surface area contributed by atoms with Gasteiger partial charge in [-0.2, -0.15) is 0 Å². The number of nitrogens with one attached hydrogen (secondary N) is 2. The van der Waals surface area contributed by atoms with Gasteiger partial charge in [-0.15, -0.1) is 0 Å². The number of methoxy groups -OCH3 is 1. The average molecular weight is 284 g/mol. The number of carbonyl (C=O) groups excluding carboxylic acids is 1. The molecule has 110 valence electrons. The molecule has 1 aromatic rings. The number of piperidine rings is 1. The lowest BCUT2D eigenvalue weighted by Gasteiger charge is -2.34. The van der Waals surface area contributed by atoms with Crippen molar-refractivity contribution in [2.24, 2.45) is 5.41 Å². The van der Waals surface area contributed by atoms with Crippen molar-refractivity contribution in [2.45, 2.75) is 19.3 Å². The average Bonchev–Trinajstić information content (AvgIpc) is 2.69. The fraction of sp³-hybridized carbons (Fsp3) is 0.412. The minimum Gasteiger partial charge on any atom is -0.497 e. The summed E-state index contributed by atoms with van der Waals surface area (Å²) in [6, 6.07) is 7.68. The Morgan fingerprint density at radius 3 is 2.86 bits per heavy atom. The number of rotatable bonds is 2. The summed E-state index contributed by atoms with van der Waals surface area (Å²) in [5, 5.41) is 6.38. The highest BCUT2D eigenvalue weighted by Crippen LogP contribution is 2.35. The van der Waals surface area contributed by atoms with Crippen LogP contribution in [0.2, 0.25) is 0 Å². The van der Waals surface area contributed by atoms with Crippen molar-refractivity contribution in [3.63, 3.8) is 0 Å². The predicted molar refractivity (Wildman–Crippen MR) is 81.8 cm³/mol. The van der Waals surface area contributed by atoms with Crippen LogP contribution in [0.15, 0.2) is 36.1 Å². The first-order valence-corrected chi connectivity index (χ1v) is 7.35. The molecule has 0 unspecified atom stereocenters. The van der Waals surface area contributed by atoms with Crippen LogP contribution in [0.5, 0.6) is 5.75 Å². The van der Waals surface area contributed by atoms with Gasteiger partial charge < -0.3 is 15.4 Å². The zero-order valence-corrected chi connectivity index (χ0v) is 12.2. The molecule has 0 aliphatic carbocycles. The Bertz CT molecular complexity index is 609. The molecule has 2 N–H and O–H groups in total. The number of hydrogen-bond donors (Lipinski definition) is 2. The number of carbonyl (C=O) groups is 1. The second kappa shape index (κ2) is 5.76. The van der Waals surface area contributed by atoms with Crippen LogP contribution in [0, 0.1) is 5.41 Å². The number of benzene rings is 1. The molecule has 2 heterocycles. The van der Waals surface area contributed by atoms with E-state index in [4.69, 9.17) is 4.74 Å². The summed E-state index contributed by atoms with van der Waals surface area (Å²) in [4.78, 5) is 12.7. The van der Waals surface area contributed by atoms with E-state index < -0.39 is 0 Å². The highest BCUT2D eigenvalue weighted by Gasteiger charge is 2.39. The standard InChI is InChI=1S/C17H20N2O2/c1-21-14-5-2-4-13(12-14)15-6-3-7-17(16(20)19-15)8-10-18-11-9-17/h2-5,12,18H,7-11H2,1H3,(H,19,20). The fourth-order valence-electron chi connectivity index (χ4n) is 2.99. The zero-order valence-electron chi connectivity index (χ0n) is 12.2. The second-order valence-corrected chi connectivity index (χ2v) is 5.64. The quantitative estimate of drug-likeness (QED) is 0.818. The van der Waals surface area contributed by atoms with Crippen molar-refractivity contribution in [3.05, 3.63) is 41.6 Å². The van der Waals surface area contributed by atoms with E-state index in [1.54, 1.807) is 7.11 Å². The number of hydrogen-bond acceptors (Lipinski definition) is 3. The van der Waals surface area contributed by atoms with Crippen molar-refractivity contribution in [3.8, 4) is 5.75 Å². The number of amides is 1. The van der Waals surface area contributed by atoms with Crippen LogP contribution in [0.1, 0.15) is 24.8 Å². The third-order valence-corrected chi connectivity index (χ3v) is 4.38. The van der Waals surface area contributed by atoms with Crippen LogP contribution in [-0.2, 0) is 4.79 Å². The Hall–Kier alpha value is -2.03. The van der Waals surface area contributed by atoms with E-state index in [1.165, 1.54) is 0 Å². The summed E-state index contributed by atoms with van der Waals surface area (Å²) in [6.07, 6.45) is 4.51. The van der Waals surface area contributed by atoms with Crippen molar-refractivity contribution in [1.82, 2.24) is 10.6 Å². The summed E-state index contributed by atoms with van der Waals surface area (Å²) in [6.45, 7) is 1.80. The molecule has 0 radical (unpaired) electrons. The molecule has 0 bridgehead atoms. The molecule has 1 amide bonds. The van der Waals surface area contributed by atoms with E-state index in [-0.39, 0.29) is 11.3 Å². The topological polar surface area (TPSA) is 50.4 Å². The van der Waals surface area contributed by atoms with Crippen LogP contribution < -0.4 is 15.4 Å². The maximum atomic E-state index is 12.7. The highest BCUT2D eigenvalue weighted by atomic mass is 16.5. The molecule has 0 atom stereocenters. The van der Waals surface area contributed by atoms with Crippen molar-refractivity contribution in [2.75, 3.05) is 20.2 Å². The summed E-state index contributed by atoms with van der Waals surface area (Å²) in [5.74, 6) is 0.889. The summed E-state index contributed by atoms with van der Waals surface area (Å²) in [5.41, 5.74) is 4.61. The lowest BCUT2D eigenvalue weighted by molar-refractivity contribution is -0.131. The number of allylic oxidation sites excluding steroid dienone is 1. The normalized spacial score (nSPS) is 20.6. The first-order chi connectivity index (χ1) is 10.2. The number of ether oxygens (including phenoxy) is 1. The lowest BCUT2D eigenvalue weighted by atomic mass is 9.75. The molecule has 4 heteroatoms. The summed E-state index contributed by atoms with van der Waals surface area (Å²) in [7, 11) is 1.64. The molecule has 1 saturated heterocycles. The van der Waals surface area contributed by atoms with Crippen molar-refractivity contribution >= 4 is 11.6 Å². The maximum Gasteiger partial charge on any atom is 0.231 e. The minimum absolute atomic E-state index is 0.114. The van der Waals surface area contributed by atoms with Crippen molar-refractivity contribution < 1.29 is 9.53 Å². The second-order valence-electron chi connectivity index (χ2n) is 5.64. The van der Waals surface area contributed by atoms with Gasteiger partial charge in [0.05, 0.1) is 18.2 Å². The van der Waals surface area contributed by atoms with Gasteiger partial charge in [0.2, 0.25) is 5.91 Å². The first-order valence-electron chi connectivity index (χ1n) is 7.35. The fourth-order valence-corrected chi connectivity index (χ4v) is 2.99. The lowest BCUT2D eigenvalue weighted by Crippen LogP contribution is -2.46. The van der Waals surface area contributed by atoms with Gasteiger partial charge in [0.1, 0.15) is 5.75 Å². The molecular formula is C17H20N2O2. The molecule has 1 aromatic carbocycles. The van der Waals surface area contributed by atoms with Crippen LogP contribution in [-0.4, -0.2) is 26.1 Å². The smallest absolute Gasteiger partial charge is 0.231 e. The predicted octanol–water partition coefficient (Wildman–Crippen LogP) is 2.08.